The minimum atomic E-state index is 0.383. The van der Waals surface area contributed by atoms with Crippen molar-refractivity contribution in [1.29, 1.82) is 0 Å². The predicted octanol–water partition coefficient (Wildman–Crippen LogP) is 2.69. The molecule has 1 N–H and O–H groups in total. The molecule has 0 heterocycles. The standard InChI is InChI=1S/C10H12O/c1-9(11)7-8-10-5-3-2-4-6-10/h2-7,11H,8H2,1H3/b9-7+. The molecular formula is C10H12O. The molecule has 0 unspecified atom stereocenters. The van der Waals surface area contributed by atoms with E-state index in [2.05, 4.69) is 0 Å². The Morgan fingerprint density at radius 3 is 2.55 bits per heavy atom. The van der Waals surface area contributed by atoms with E-state index in [4.69, 9.17) is 5.11 Å². The number of aliphatic hydroxyl groups is 1. The lowest BCUT2D eigenvalue weighted by molar-refractivity contribution is 0.412. The van der Waals surface area contributed by atoms with E-state index >= 15 is 0 Å². The Hall–Kier alpha value is -1.24. The van der Waals surface area contributed by atoms with Gasteiger partial charge in [0.1, 0.15) is 0 Å². The van der Waals surface area contributed by atoms with Crippen molar-refractivity contribution in [3.8, 4) is 0 Å². The third-order valence-corrected chi connectivity index (χ3v) is 1.48. The van der Waals surface area contributed by atoms with E-state index in [0.29, 0.717) is 5.76 Å². The van der Waals surface area contributed by atoms with Crippen molar-refractivity contribution in [3.05, 3.63) is 47.7 Å². The molecule has 0 aromatic heterocycles. The van der Waals surface area contributed by atoms with Gasteiger partial charge in [0.05, 0.1) is 5.76 Å². The number of hydrogen-bond acceptors (Lipinski definition) is 1. The van der Waals surface area contributed by atoms with Gasteiger partial charge in [0.25, 0.3) is 0 Å². The van der Waals surface area contributed by atoms with Crippen LogP contribution in [0, 0.1) is 0 Å². The van der Waals surface area contributed by atoms with Crippen LogP contribution in [0.15, 0.2) is 42.2 Å². The van der Waals surface area contributed by atoms with Crippen molar-refractivity contribution >= 4 is 0 Å². The summed E-state index contributed by atoms with van der Waals surface area (Å²) in [7, 11) is 0. The van der Waals surface area contributed by atoms with E-state index in [1.807, 2.05) is 30.3 Å². The number of aliphatic hydroxyl groups excluding tert-OH is 1. The Morgan fingerprint density at radius 2 is 2.00 bits per heavy atom. The third kappa shape index (κ3) is 2.89. The smallest absolute Gasteiger partial charge is 0.0855 e. The van der Waals surface area contributed by atoms with E-state index in [1.165, 1.54) is 5.56 Å². The zero-order valence-electron chi connectivity index (χ0n) is 6.62. The van der Waals surface area contributed by atoms with Crippen molar-refractivity contribution in [3.63, 3.8) is 0 Å². The summed E-state index contributed by atoms with van der Waals surface area (Å²) in [6.07, 6.45) is 2.61. The Morgan fingerprint density at radius 1 is 1.36 bits per heavy atom. The van der Waals surface area contributed by atoms with Crippen LogP contribution >= 0.6 is 0 Å². The molecule has 0 radical (unpaired) electrons. The largest absolute Gasteiger partial charge is 0.513 e. The van der Waals surface area contributed by atoms with Crippen molar-refractivity contribution in [2.45, 2.75) is 13.3 Å². The van der Waals surface area contributed by atoms with Crippen LogP contribution in [0.1, 0.15) is 12.5 Å². The summed E-state index contributed by atoms with van der Waals surface area (Å²) in [5.74, 6) is 0.383. The predicted molar refractivity (Wildman–Crippen MR) is 46.5 cm³/mol. The maximum Gasteiger partial charge on any atom is 0.0855 e. The van der Waals surface area contributed by atoms with E-state index in [-0.39, 0.29) is 0 Å². The summed E-state index contributed by atoms with van der Waals surface area (Å²) < 4.78 is 0. The molecule has 1 rings (SSSR count). The highest BCUT2D eigenvalue weighted by atomic mass is 16.3. The Labute approximate surface area is 67.0 Å². The SMILES string of the molecule is C/C(O)=C\Cc1ccccc1. The lowest BCUT2D eigenvalue weighted by atomic mass is 10.1. The summed E-state index contributed by atoms with van der Waals surface area (Å²) in [4.78, 5) is 0. The maximum absolute atomic E-state index is 8.87. The van der Waals surface area contributed by atoms with Gasteiger partial charge in [-0.15, -0.1) is 0 Å². The molecule has 0 atom stereocenters. The van der Waals surface area contributed by atoms with Crippen LogP contribution in [0.3, 0.4) is 0 Å². The monoisotopic (exact) mass is 148 g/mol. The van der Waals surface area contributed by atoms with Crippen LogP contribution in [0.5, 0.6) is 0 Å². The minimum Gasteiger partial charge on any atom is -0.513 e. The summed E-state index contributed by atoms with van der Waals surface area (Å²) in [5, 5.41) is 8.87. The van der Waals surface area contributed by atoms with Gasteiger partial charge in [-0.1, -0.05) is 30.3 Å². The van der Waals surface area contributed by atoms with Crippen LogP contribution in [0.25, 0.3) is 0 Å². The first kappa shape index (κ1) is 7.86. The Balaban J connectivity index is 2.59. The van der Waals surface area contributed by atoms with Gasteiger partial charge in [-0.05, 0) is 25.0 Å². The average Bonchev–Trinajstić information content (AvgIpc) is 2.03. The van der Waals surface area contributed by atoms with E-state index in [1.54, 1.807) is 13.0 Å². The zero-order valence-corrected chi connectivity index (χ0v) is 6.62. The molecule has 0 spiro atoms. The highest BCUT2D eigenvalue weighted by Gasteiger charge is 1.86. The number of rotatable bonds is 2. The molecule has 0 fully saturated rings. The van der Waals surface area contributed by atoms with Crippen molar-refractivity contribution in [1.82, 2.24) is 0 Å². The van der Waals surface area contributed by atoms with Gasteiger partial charge >= 0.3 is 0 Å². The molecule has 1 aromatic rings. The number of hydrogen-bond donors (Lipinski definition) is 1. The normalized spacial score (nSPS) is 11.5. The van der Waals surface area contributed by atoms with Crippen LogP contribution in [0.2, 0.25) is 0 Å². The minimum absolute atomic E-state index is 0.383. The first-order valence-electron chi connectivity index (χ1n) is 3.68. The second-order valence-corrected chi connectivity index (χ2v) is 2.54. The second-order valence-electron chi connectivity index (χ2n) is 2.54. The van der Waals surface area contributed by atoms with Gasteiger partial charge in [0.15, 0.2) is 0 Å². The molecule has 1 heteroatoms. The lowest BCUT2D eigenvalue weighted by Gasteiger charge is -1.94. The van der Waals surface area contributed by atoms with Gasteiger partial charge in [-0.3, -0.25) is 0 Å². The number of benzene rings is 1. The fraction of sp³-hybridized carbons (Fsp3) is 0.200. The fourth-order valence-corrected chi connectivity index (χ4v) is 0.880. The quantitative estimate of drug-likeness (QED) is 0.639. The molecule has 58 valence electrons. The third-order valence-electron chi connectivity index (χ3n) is 1.48. The molecular weight excluding hydrogens is 136 g/mol. The summed E-state index contributed by atoms with van der Waals surface area (Å²) >= 11 is 0. The fourth-order valence-electron chi connectivity index (χ4n) is 0.880. The van der Waals surface area contributed by atoms with Gasteiger partial charge < -0.3 is 5.11 Å². The molecule has 0 bridgehead atoms. The molecule has 0 amide bonds. The van der Waals surface area contributed by atoms with E-state index < -0.39 is 0 Å². The average molecular weight is 148 g/mol. The van der Waals surface area contributed by atoms with Gasteiger partial charge in [-0.2, -0.15) is 0 Å². The molecule has 0 aliphatic heterocycles. The molecule has 0 saturated carbocycles. The topological polar surface area (TPSA) is 20.2 Å². The molecule has 11 heavy (non-hydrogen) atoms. The van der Waals surface area contributed by atoms with Crippen LogP contribution in [-0.4, -0.2) is 5.11 Å². The van der Waals surface area contributed by atoms with Crippen molar-refractivity contribution in [2.24, 2.45) is 0 Å². The van der Waals surface area contributed by atoms with Gasteiger partial charge in [0.2, 0.25) is 0 Å². The van der Waals surface area contributed by atoms with E-state index in [0.717, 1.165) is 6.42 Å². The summed E-state index contributed by atoms with van der Waals surface area (Å²) in [5.41, 5.74) is 1.22. The van der Waals surface area contributed by atoms with Gasteiger partial charge in [0, 0.05) is 0 Å². The maximum atomic E-state index is 8.87. The molecule has 1 aromatic carbocycles. The Bertz CT molecular complexity index is 232. The van der Waals surface area contributed by atoms with Crippen LogP contribution in [0.4, 0.5) is 0 Å². The Kier molecular flexibility index (Phi) is 2.73. The highest BCUT2D eigenvalue weighted by Crippen LogP contribution is 2.01. The number of allylic oxidation sites excluding steroid dienone is 2. The van der Waals surface area contributed by atoms with Crippen molar-refractivity contribution < 1.29 is 5.11 Å². The molecule has 0 aliphatic rings. The molecule has 0 aliphatic carbocycles. The first-order chi connectivity index (χ1) is 5.29. The lowest BCUT2D eigenvalue weighted by Crippen LogP contribution is -1.80. The molecule has 0 saturated heterocycles. The van der Waals surface area contributed by atoms with Gasteiger partial charge in [-0.25, -0.2) is 0 Å². The van der Waals surface area contributed by atoms with E-state index in [9.17, 15) is 0 Å². The summed E-state index contributed by atoms with van der Waals surface area (Å²) in [6, 6.07) is 10.1. The highest BCUT2D eigenvalue weighted by molar-refractivity contribution is 5.17. The first-order valence-corrected chi connectivity index (χ1v) is 3.68. The zero-order chi connectivity index (χ0) is 8.10. The second kappa shape index (κ2) is 3.81. The van der Waals surface area contributed by atoms with Crippen LogP contribution < -0.4 is 0 Å². The van der Waals surface area contributed by atoms with Crippen molar-refractivity contribution in [2.75, 3.05) is 0 Å². The molecule has 1 nitrogen and oxygen atoms in total. The van der Waals surface area contributed by atoms with Crippen LogP contribution in [-0.2, 0) is 6.42 Å². The summed E-state index contributed by atoms with van der Waals surface area (Å²) in [6.45, 7) is 1.68.